The Hall–Kier alpha value is -2.68. The van der Waals surface area contributed by atoms with Gasteiger partial charge in [-0.05, 0) is 48.9 Å². The van der Waals surface area contributed by atoms with Crippen LogP contribution in [0, 0.1) is 24.6 Å². The minimum Gasteiger partial charge on any atom is -0.361 e. The summed E-state index contributed by atoms with van der Waals surface area (Å²) in [5, 5.41) is 12.8. The first-order chi connectivity index (χ1) is 16.6. The Morgan fingerprint density at radius 2 is 1.94 bits per heavy atom. The number of nitrogens with zero attached hydrogens (tertiary/aromatic N) is 4. The molecule has 6 nitrogen and oxygen atoms in total. The fraction of sp³-hybridized carbons (Fsp3) is 0.538. The van der Waals surface area contributed by atoms with E-state index in [0.29, 0.717) is 34.4 Å². The number of rotatable bonds is 8. The molecule has 3 aromatic rings. The van der Waals surface area contributed by atoms with E-state index in [1.165, 1.54) is 12.1 Å². The van der Waals surface area contributed by atoms with Crippen molar-refractivity contribution in [3.05, 3.63) is 52.8 Å². The molecule has 0 aliphatic heterocycles. The minimum atomic E-state index is -2.97. The highest BCUT2D eigenvalue weighted by molar-refractivity contribution is 5.85. The van der Waals surface area contributed by atoms with Gasteiger partial charge in [0.25, 0.3) is 0 Å². The first-order valence-electron chi connectivity index (χ1n) is 12.2. The molecule has 0 spiro atoms. The van der Waals surface area contributed by atoms with Crippen molar-refractivity contribution in [1.29, 1.82) is 0 Å². The zero-order valence-corrected chi connectivity index (χ0v) is 21.3. The van der Waals surface area contributed by atoms with Gasteiger partial charge in [0.15, 0.2) is 11.5 Å². The van der Waals surface area contributed by atoms with Crippen molar-refractivity contribution in [3.63, 3.8) is 0 Å². The molecular formula is C26H30ClF3N4O2. The molecule has 10 heteroatoms. The molecule has 0 unspecified atom stereocenters. The van der Waals surface area contributed by atoms with Gasteiger partial charge in [-0.1, -0.05) is 25.1 Å². The summed E-state index contributed by atoms with van der Waals surface area (Å²) in [7, 11) is 0. The first kappa shape index (κ1) is 26.4. The Kier molecular flexibility index (Phi) is 7.33. The second-order valence-electron chi connectivity index (χ2n) is 10.5. The predicted molar refractivity (Wildman–Crippen MR) is 130 cm³/mol. The first-order valence-corrected chi connectivity index (χ1v) is 12.2. The number of hydrogen-bond donors (Lipinski definition) is 0. The topological polar surface area (TPSA) is 73.8 Å². The van der Waals surface area contributed by atoms with E-state index in [2.05, 4.69) is 29.2 Å². The number of carbonyl (C=O) groups is 1. The van der Waals surface area contributed by atoms with Crippen LogP contribution in [0.4, 0.5) is 13.2 Å². The Morgan fingerprint density at radius 3 is 2.61 bits per heavy atom. The lowest BCUT2D eigenvalue weighted by atomic mass is 9.87. The number of hydrogen-bond acceptors (Lipinski definition) is 5. The number of ketones is 1. The highest BCUT2D eigenvalue weighted by Gasteiger charge is 2.52. The average molecular weight is 523 g/mol. The van der Waals surface area contributed by atoms with Gasteiger partial charge in [-0.2, -0.15) is 0 Å². The van der Waals surface area contributed by atoms with Gasteiger partial charge in [-0.15, -0.1) is 22.6 Å². The summed E-state index contributed by atoms with van der Waals surface area (Å²) in [6.45, 7) is 5.88. The molecule has 2 aliphatic carbocycles. The van der Waals surface area contributed by atoms with Crippen molar-refractivity contribution in [2.75, 3.05) is 0 Å². The molecule has 2 fully saturated rings. The monoisotopic (exact) mass is 522 g/mol. The molecule has 2 atom stereocenters. The maximum absolute atomic E-state index is 14.7. The lowest BCUT2D eigenvalue weighted by molar-refractivity contribution is -0.123. The molecule has 0 amide bonds. The van der Waals surface area contributed by atoms with Crippen LogP contribution < -0.4 is 0 Å². The fourth-order valence-corrected chi connectivity index (χ4v) is 5.14. The van der Waals surface area contributed by atoms with Crippen LogP contribution in [-0.2, 0) is 17.6 Å². The van der Waals surface area contributed by atoms with Crippen LogP contribution in [-0.4, -0.2) is 31.6 Å². The van der Waals surface area contributed by atoms with Crippen molar-refractivity contribution >= 4 is 18.2 Å². The minimum absolute atomic E-state index is 0. The van der Waals surface area contributed by atoms with Crippen LogP contribution in [0.2, 0.25) is 0 Å². The van der Waals surface area contributed by atoms with Gasteiger partial charge < -0.3 is 9.09 Å². The summed E-state index contributed by atoms with van der Waals surface area (Å²) in [4.78, 5) is 13.3. The number of benzene rings is 1. The van der Waals surface area contributed by atoms with Crippen LogP contribution in [0.15, 0.2) is 28.8 Å². The predicted octanol–water partition coefficient (Wildman–Crippen LogP) is 6.28. The average Bonchev–Trinajstić information content (AvgIpc) is 3.20. The number of alkyl halides is 2. The maximum Gasteiger partial charge on any atom is 0.249 e. The fourth-order valence-electron chi connectivity index (χ4n) is 5.14. The lowest BCUT2D eigenvalue weighted by Crippen LogP contribution is -2.23. The number of aromatic nitrogens is 4. The van der Waals surface area contributed by atoms with Gasteiger partial charge in [0, 0.05) is 49.6 Å². The molecule has 5 rings (SSSR count). The van der Waals surface area contributed by atoms with Crippen molar-refractivity contribution in [3.8, 4) is 11.5 Å². The van der Waals surface area contributed by atoms with Crippen LogP contribution in [0.3, 0.4) is 0 Å². The molecule has 2 aliphatic rings. The van der Waals surface area contributed by atoms with E-state index < -0.39 is 36.4 Å². The van der Waals surface area contributed by atoms with Crippen LogP contribution in [0.25, 0.3) is 11.5 Å². The lowest BCUT2D eigenvalue weighted by Gasteiger charge is -2.19. The van der Waals surface area contributed by atoms with Gasteiger partial charge in [0.05, 0.1) is 0 Å². The zero-order chi connectivity index (χ0) is 24.9. The van der Waals surface area contributed by atoms with E-state index in [1.54, 1.807) is 13.0 Å². The third kappa shape index (κ3) is 5.36. The van der Waals surface area contributed by atoms with E-state index in [0.717, 1.165) is 25.0 Å². The molecule has 0 bridgehead atoms. The summed E-state index contributed by atoms with van der Waals surface area (Å²) in [5.41, 5.74) is 1.81. The van der Waals surface area contributed by atoms with Gasteiger partial charge >= 0.3 is 0 Å². The maximum atomic E-state index is 14.7. The molecule has 0 radical (unpaired) electrons. The van der Waals surface area contributed by atoms with Crippen LogP contribution >= 0.6 is 12.4 Å². The number of carbonyl (C=O) groups excluding carboxylic acids is 1. The Morgan fingerprint density at radius 1 is 1.19 bits per heavy atom. The van der Waals surface area contributed by atoms with E-state index in [9.17, 15) is 18.0 Å². The molecular weight excluding hydrogens is 493 g/mol. The Bertz CT molecular complexity index is 1250. The van der Waals surface area contributed by atoms with E-state index in [1.807, 2.05) is 10.6 Å². The van der Waals surface area contributed by atoms with E-state index in [-0.39, 0.29) is 30.7 Å². The quantitative estimate of drug-likeness (QED) is 0.348. The van der Waals surface area contributed by atoms with Crippen molar-refractivity contribution < 1.29 is 22.5 Å². The van der Waals surface area contributed by atoms with Gasteiger partial charge in [-0.3, -0.25) is 4.79 Å². The van der Waals surface area contributed by atoms with Crippen LogP contribution in [0.5, 0.6) is 0 Å². The zero-order valence-electron chi connectivity index (χ0n) is 20.5. The van der Waals surface area contributed by atoms with Gasteiger partial charge in [0.1, 0.15) is 23.2 Å². The third-order valence-corrected chi connectivity index (χ3v) is 6.97. The molecule has 0 saturated heterocycles. The van der Waals surface area contributed by atoms with Crippen LogP contribution in [0.1, 0.15) is 74.2 Å². The molecule has 2 saturated carbocycles. The molecule has 2 heterocycles. The number of halogens is 4. The Balaban J connectivity index is 0.00000304. The smallest absolute Gasteiger partial charge is 0.249 e. The molecule has 0 N–H and O–H groups in total. The molecule has 194 valence electrons. The van der Waals surface area contributed by atoms with E-state index >= 15 is 0 Å². The summed E-state index contributed by atoms with van der Waals surface area (Å²) >= 11 is 0. The summed E-state index contributed by atoms with van der Waals surface area (Å²) < 4.78 is 50.2. The third-order valence-electron chi connectivity index (χ3n) is 6.97. The van der Waals surface area contributed by atoms with Crippen molar-refractivity contribution in [2.45, 2.75) is 77.2 Å². The summed E-state index contributed by atoms with van der Waals surface area (Å²) in [5.74, 6) is -3.24. The van der Waals surface area contributed by atoms with Crippen molar-refractivity contribution in [2.24, 2.45) is 11.8 Å². The normalized spacial score (nSPS) is 21.1. The van der Waals surface area contributed by atoms with Gasteiger partial charge in [0.2, 0.25) is 5.92 Å². The van der Waals surface area contributed by atoms with Gasteiger partial charge in [-0.25, -0.2) is 13.2 Å². The molecule has 1 aromatic carbocycles. The highest BCUT2D eigenvalue weighted by Crippen LogP contribution is 2.51. The van der Waals surface area contributed by atoms with Crippen molar-refractivity contribution in [1.82, 2.24) is 19.9 Å². The highest BCUT2D eigenvalue weighted by atomic mass is 35.5. The summed E-state index contributed by atoms with van der Waals surface area (Å²) in [6, 6.07) is 6.12. The molecule has 36 heavy (non-hydrogen) atoms. The second-order valence-corrected chi connectivity index (χ2v) is 10.5. The second kappa shape index (κ2) is 10.00. The summed E-state index contributed by atoms with van der Waals surface area (Å²) in [6.07, 6.45) is 1.53. The number of Topliss-reactive ketones (excluding diaryl/α,β-unsaturated/α-hetero) is 1. The Labute approximate surface area is 214 Å². The standard InChI is InChI=1S/C26H29F3N4O2.ClH/c1-14(2)8-19-11-22(32-35-19)25-31-30-24(33(25)18-6-7-18)21-13-26(28,29)12-20(21)23(34)10-16-4-5-17(27)9-15(16)3;/h4-5,9,11,14,18,20-21H,6-8,10,12-13H2,1-3H3;1H/t20-,21-;/m1./s1. The van der Waals surface area contributed by atoms with E-state index in [4.69, 9.17) is 4.52 Å². The number of aryl methyl sites for hydroxylation is 1. The molecule has 2 aromatic heterocycles. The SMILES string of the molecule is Cc1cc(F)ccc1CC(=O)[C@@H]1CC(F)(F)C[C@H]1c1nnc(-c2cc(CC(C)C)on2)n1C1CC1.Cl. The largest absolute Gasteiger partial charge is 0.361 e.